The number of carbonyl (C=O) groups excluding carboxylic acids is 1. The Morgan fingerprint density at radius 2 is 2.00 bits per heavy atom. The quantitative estimate of drug-likeness (QED) is 0.437. The van der Waals surface area contributed by atoms with Crippen LogP contribution in [0, 0.1) is 16.1 Å². The van der Waals surface area contributed by atoms with Crippen molar-refractivity contribution in [1.29, 1.82) is 5.26 Å². The molecule has 0 bridgehead atoms. The van der Waals surface area contributed by atoms with E-state index in [-0.39, 0.29) is 31.5 Å². The number of carbonyl (C=O) groups is 1. The molecule has 0 atom stereocenters. The standard InChI is InChI=1S/C15H10ClN5O3S2/c16-9-3-1-7(5-11(9)26(19,23)24)14(22)21-10-4-2-8(6-17)12(18)13(10)20-15(21)25/h1-5H,18H2,(H,20,25)(H2,19,23,24). The van der Waals surface area contributed by atoms with Gasteiger partial charge >= 0.3 is 0 Å². The van der Waals surface area contributed by atoms with Crippen LogP contribution in [0.1, 0.15) is 15.9 Å². The summed E-state index contributed by atoms with van der Waals surface area (Å²) in [5.74, 6) is -0.605. The fourth-order valence-electron chi connectivity index (χ4n) is 2.48. The predicted molar refractivity (Wildman–Crippen MR) is 98.8 cm³/mol. The second-order valence-corrected chi connectivity index (χ2v) is 7.62. The molecule has 0 amide bonds. The number of sulfonamides is 1. The van der Waals surface area contributed by atoms with Crippen molar-refractivity contribution in [3.63, 3.8) is 0 Å². The molecule has 0 aliphatic heterocycles. The average Bonchev–Trinajstić information content (AvgIpc) is 2.91. The molecule has 0 aliphatic carbocycles. The zero-order valence-electron chi connectivity index (χ0n) is 12.9. The Morgan fingerprint density at radius 3 is 2.62 bits per heavy atom. The third-order valence-corrected chi connectivity index (χ3v) is 5.38. The monoisotopic (exact) mass is 407 g/mol. The van der Waals surface area contributed by atoms with E-state index < -0.39 is 15.9 Å². The van der Waals surface area contributed by atoms with Gasteiger partial charge in [-0.2, -0.15) is 5.26 Å². The second-order valence-electron chi connectivity index (χ2n) is 5.29. The zero-order valence-corrected chi connectivity index (χ0v) is 15.2. The summed E-state index contributed by atoms with van der Waals surface area (Å²) < 4.78 is 24.4. The first-order valence-electron chi connectivity index (χ1n) is 6.95. The maximum Gasteiger partial charge on any atom is 0.264 e. The molecule has 1 aromatic heterocycles. The van der Waals surface area contributed by atoms with Crippen molar-refractivity contribution in [3.05, 3.63) is 51.3 Å². The van der Waals surface area contributed by atoms with Gasteiger partial charge < -0.3 is 10.7 Å². The van der Waals surface area contributed by atoms with Crippen molar-refractivity contribution in [2.75, 3.05) is 5.73 Å². The maximum absolute atomic E-state index is 12.9. The lowest BCUT2D eigenvalue weighted by molar-refractivity contribution is 0.0963. The Bertz CT molecular complexity index is 1290. The van der Waals surface area contributed by atoms with Crippen molar-refractivity contribution in [2.24, 2.45) is 5.14 Å². The van der Waals surface area contributed by atoms with Crippen LogP contribution in [0.5, 0.6) is 0 Å². The number of rotatable bonds is 2. The first-order valence-corrected chi connectivity index (χ1v) is 9.28. The smallest absolute Gasteiger partial charge is 0.264 e. The Kier molecular flexibility index (Phi) is 4.33. The van der Waals surface area contributed by atoms with E-state index in [1.54, 1.807) is 0 Å². The van der Waals surface area contributed by atoms with E-state index in [4.69, 9.17) is 40.0 Å². The Labute approximate surface area is 157 Å². The highest BCUT2D eigenvalue weighted by Gasteiger charge is 2.20. The Balaban J connectivity index is 2.24. The number of nitrogens with two attached hydrogens (primary N) is 2. The molecule has 3 aromatic rings. The normalized spacial score (nSPS) is 11.4. The van der Waals surface area contributed by atoms with Crippen LogP contribution in [0.25, 0.3) is 11.0 Å². The maximum atomic E-state index is 12.9. The van der Waals surface area contributed by atoms with E-state index in [0.717, 1.165) is 10.6 Å². The summed E-state index contributed by atoms with van der Waals surface area (Å²) in [6.07, 6.45) is 0. The highest BCUT2D eigenvalue weighted by molar-refractivity contribution is 7.89. The van der Waals surface area contributed by atoms with Gasteiger partial charge in [-0.15, -0.1) is 0 Å². The van der Waals surface area contributed by atoms with E-state index in [2.05, 4.69) is 4.98 Å². The third-order valence-electron chi connectivity index (χ3n) is 3.71. The van der Waals surface area contributed by atoms with E-state index in [9.17, 15) is 13.2 Å². The number of aromatic nitrogens is 2. The molecule has 132 valence electrons. The fraction of sp³-hybridized carbons (Fsp3) is 0. The van der Waals surface area contributed by atoms with E-state index in [1.165, 1.54) is 24.3 Å². The van der Waals surface area contributed by atoms with Gasteiger partial charge in [0.2, 0.25) is 10.0 Å². The first-order chi connectivity index (χ1) is 12.1. The fourth-order valence-corrected chi connectivity index (χ4v) is 3.84. The number of nitrogens with one attached hydrogen (secondary N) is 1. The van der Waals surface area contributed by atoms with Crippen molar-refractivity contribution in [3.8, 4) is 6.07 Å². The molecule has 0 fully saturated rings. The van der Waals surface area contributed by atoms with Crippen molar-refractivity contribution < 1.29 is 13.2 Å². The van der Waals surface area contributed by atoms with Gasteiger partial charge in [-0.3, -0.25) is 9.36 Å². The summed E-state index contributed by atoms with van der Waals surface area (Å²) in [6.45, 7) is 0. The van der Waals surface area contributed by atoms with Crippen LogP contribution in [-0.4, -0.2) is 23.9 Å². The minimum Gasteiger partial charge on any atom is -0.396 e. The first kappa shape index (κ1) is 18.1. The molecule has 0 unspecified atom stereocenters. The third kappa shape index (κ3) is 2.87. The predicted octanol–water partition coefficient (Wildman–Crippen LogP) is 2.14. The minimum atomic E-state index is -4.11. The van der Waals surface area contributed by atoms with Gasteiger partial charge in [-0.1, -0.05) is 11.6 Å². The van der Waals surface area contributed by atoms with Gasteiger partial charge in [0, 0.05) is 5.56 Å². The lowest BCUT2D eigenvalue weighted by Gasteiger charge is -2.07. The number of imidazole rings is 1. The number of H-pyrrole nitrogens is 1. The molecule has 8 nitrogen and oxygen atoms in total. The van der Waals surface area contributed by atoms with Crippen molar-refractivity contribution >= 4 is 56.5 Å². The largest absolute Gasteiger partial charge is 0.396 e. The van der Waals surface area contributed by atoms with Crippen LogP contribution in [0.2, 0.25) is 5.02 Å². The molecule has 0 spiro atoms. The van der Waals surface area contributed by atoms with Crippen LogP contribution in [-0.2, 0) is 10.0 Å². The molecule has 0 saturated heterocycles. The van der Waals surface area contributed by atoms with Crippen LogP contribution >= 0.6 is 23.8 Å². The molecular formula is C15H10ClN5O3S2. The summed E-state index contributed by atoms with van der Waals surface area (Å²) in [4.78, 5) is 15.3. The van der Waals surface area contributed by atoms with Crippen molar-refractivity contribution in [2.45, 2.75) is 4.90 Å². The summed E-state index contributed by atoms with van der Waals surface area (Å²) in [5, 5.41) is 14.1. The van der Waals surface area contributed by atoms with E-state index in [0.29, 0.717) is 11.0 Å². The average molecular weight is 408 g/mol. The minimum absolute atomic E-state index is 0.0124. The number of benzene rings is 2. The highest BCUT2D eigenvalue weighted by atomic mass is 35.5. The molecule has 26 heavy (non-hydrogen) atoms. The molecule has 0 saturated carbocycles. The summed E-state index contributed by atoms with van der Waals surface area (Å²) in [5.41, 5.74) is 7.00. The number of nitrogen functional groups attached to an aromatic ring is 1. The number of anilines is 1. The highest BCUT2D eigenvalue weighted by Crippen LogP contribution is 2.26. The van der Waals surface area contributed by atoms with Crippen LogP contribution in [0.4, 0.5) is 5.69 Å². The molecular weight excluding hydrogens is 398 g/mol. The van der Waals surface area contributed by atoms with Gasteiger partial charge in [-0.25, -0.2) is 13.6 Å². The molecule has 0 aliphatic rings. The summed E-state index contributed by atoms with van der Waals surface area (Å²) >= 11 is 11.0. The number of hydrogen-bond donors (Lipinski definition) is 3. The number of halogens is 1. The molecule has 0 radical (unpaired) electrons. The van der Waals surface area contributed by atoms with Gasteiger partial charge in [0.1, 0.15) is 11.0 Å². The van der Waals surface area contributed by atoms with E-state index in [1.807, 2.05) is 6.07 Å². The van der Waals surface area contributed by atoms with Crippen LogP contribution in [0.15, 0.2) is 35.2 Å². The second kappa shape index (κ2) is 6.22. The number of nitrogens with zero attached hydrogens (tertiary/aromatic N) is 2. The molecule has 11 heteroatoms. The number of primary sulfonamides is 1. The van der Waals surface area contributed by atoms with Crippen LogP contribution in [0.3, 0.4) is 0 Å². The lowest BCUT2D eigenvalue weighted by atomic mass is 10.1. The summed E-state index contributed by atoms with van der Waals surface area (Å²) in [7, 11) is -4.11. The number of aromatic amines is 1. The number of nitriles is 1. The topological polar surface area (TPSA) is 148 Å². The Hall–Kier alpha value is -2.71. The molecule has 2 aromatic carbocycles. The van der Waals surface area contributed by atoms with Gasteiger partial charge in [0.25, 0.3) is 5.91 Å². The van der Waals surface area contributed by atoms with Crippen molar-refractivity contribution in [1.82, 2.24) is 9.55 Å². The molecule has 5 N–H and O–H groups in total. The zero-order chi connectivity index (χ0) is 19.2. The van der Waals surface area contributed by atoms with E-state index >= 15 is 0 Å². The SMILES string of the molecule is N#Cc1ccc2c([nH]c(=S)n2C(=O)c2ccc(Cl)c(S(N)(=O)=O)c2)c1N. The van der Waals surface area contributed by atoms with Gasteiger partial charge in [0.15, 0.2) is 4.77 Å². The van der Waals surface area contributed by atoms with Crippen LogP contribution < -0.4 is 10.9 Å². The molecule has 3 rings (SSSR count). The number of hydrogen-bond acceptors (Lipinski definition) is 6. The lowest BCUT2D eigenvalue weighted by Crippen LogP contribution is -2.16. The molecule has 1 heterocycles. The van der Waals surface area contributed by atoms with Gasteiger partial charge in [-0.05, 0) is 42.5 Å². The Morgan fingerprint density at radius 1 is 1.31 bits per heavy atom. The summed E-state index contributed by atoms with van der Waals surface area (Å²) in [6, 6.07) is 8.61. The van der Waals surface area contributed by atoms with Gasteiger partial charge in [0.05, 0.1) is 27.3 Å². The number of fused-ring (bicyclic) bond motifs is 1.